The molecule has 0 fully saturated rings. The SMILES string of the molecule is CC(C(=O)N(CC(=O)O)Cc1ccc(Cl)cc1)c1ccsc1. The van der Waals surface area contributed by atoms with E-state index in [9.17, 15) is 9.59 Å². The Morgan fingerprint density at radius 2 is 1.95 bits per heavy atom. The van der Waals surface area contributed by atoms with E-state index in [1.165, 1.54) is 16.2 Å². The van der Waals surface area contributed by atoms with Gasteiger partial charge in [0.25, 0.3) is 0 Å². The molecule has 0 spiro atoms. The van der Waals surface area contributed by atoms with Gasteiger partial charge in [0.05, 0.1) is 5.92 Å². The topological polar surface area (TPSA) is 57.6 Å². The van der Waals surface area contributed by atoms with Gasteiger partial charge in [-0.05, 0) is 47.0 Å². The summed E-state index contributed by atoms with van der Waals surface area (Å²) in [7, 11) is 0. The molecule has 0 aliphatic carbocycles. The molecule has 0 saturated carbocycles. The van der Waals surface area contributed by atoms with Crippen LogP contribution in [0, 0.1) is 0 Å². The average Bonchev–Trinajstić information content (AvgIpc) is 3.01. The van der Waals surface area contributed by atoms with Crippen molar-refractivity contribution >= 4 is 34.8 Å². The average molecular weight is 338 g/mol. The Kier molecular flexibility index (Phi) is 5.57. The minimum Gasteiger partial charge on any atom is -0.480 e. The molecule has 22 heavy (non-hydrogen) atoms. The number of hydrogen-bond acceptors (Lipinski definition) is 3. The number of aliphatic carboxylic acids is 1. The number of amides is 1. The van der Waals surface area contributed by atoms with Crippen molar-refractivity contribution in [3.05, 3.63) is 57.2 Å². The molecule has 1 amide bonds. The Labute approximate surface area is 137 Å². The number of benzene rings is 1. The zero-order valence-electron chi connectivity index (χ0n) is 12.0. The molecule has 0 aliphatic heterocycles. The maximum atomic E-state index is 12.6. The molecule has 0 saturated heterocycles. The lowest BCUT2D eigenvalue weighted by Gasteiger charge is -2.24. The summed E-state index contributed by atoms with van der Waals surface area (Å²) in [5.41, 5.74) is 1.75. The van der Waals surface area contributed by atoms with Crippen LogP contribution >= 0.6 is 22.9 Å². The number of halogens is 1. The lowest BCUT2D eigenvalue weighted by molar-refractivity contribution is -0.145. The highest BCUT2D eigenvalue weighted by atomic mass is 35.5. The maximum absolute atomic E-state index is 12.6. The van der Waals surface area contributed by atoms with Gasteiger partial charge in [-0.15, -0.1) is 0 Å². The lowest BCUT2D eigenvalue weighted by Crippen LogP contribution is -2.37. The fourth-order valence-corrected chi connectivity index (χ4v) is 3.00. The van der Waals surface area contributed by atoms with Crippen molar-refractivity contribution in [2.45, 2.75) is 19.4 Å². The molecule has 1 heterocycles. The highest BCUT2D eigenvalue weighted by molar-refractivity contribution is 7.08. The van der Waals surface area contributed by atoms with E-state index in [-0.39, 0.29) is 24.9 Å². The Morgan fingerprint density at radius 3 is 2.50 bits per heavy atom. The molecule has 1 N–H and O–H groups in total. The van der Waals surface area contributed by atoms with Gasteiger partial charge in [0, 0.05) is 11.6 Å². The summed E-state index contributed by atoms with van der Waals surface area (Å²) in [5, 5.41) is 13.5. The highest BCUT2D eigenvalue weighted by Gasteiger charge is 2.24. The zero-order valence-corrected chi connectivity index (χ0v) is 13.6. The summed E-state index contributed by atoms with van der Waals surface area (Å²) in [5.74, 6) is -1.59. The van der Waals surface area contributed by atoms with Crippen LogP contribution in [0.3, 0.4) is 0 Å². The summed E-state index contributed by atoms with van der Waals surface area (Å²) in [6, 6.07) is 8.92. The minimum atomic E-state index is -1.03. The van der Waals surface area contributed by atoms with E-state index < -0.39 is 5.97 Å². The lowest BCUT2D eigenvalue weighted by atomic mass is 10.0. The van der Waals surface area contributed by atoms with Gasteiger partial charge in [0.1, 0.15) is 6.54 Å². The van der Waals surface area contributed by atoms with Crippen LogP contribution in [0.4, 0.5) is 0 Å². The first-order valence-corrected chi connectivity index (χ1v) is 8.06. The number of carboxylic acids is 1. The predicted octanol–water partition coefficient (Wildman–Crippen LogP) is 3.62. The van der Waals surface area contributed by atoms with E-state index in [0.29, 0.717) is 5.02 Å². The van der Waals surface area contributed by atoms with Gasteiger partial charge >= 0.3 is 5.97 Å². The fourth-order valence-electron chi connectivity index (χ4n) is 2.12. The van der Waals surface area contributed by atoms with Crippen LogP contribution < -0.4 is 0 Å². The Bertz CT molecular complexity index is 640. The molecule has 0 radical (unpaired) electrons. The van der Waals surface area contributed by atoms with Crippen LogP contribution in [0.15, 0.2) is 41.1 Å². The van der Waals surface area contributed by atoms with Crippen molar-refractivity contribution < 1.29 is 14.7 Å². The number of rotatable bonds is 6. The summed E-state index contributed by atoms with van der Waals surface area (Å²) >= 11 is 7.35. The molecular weight excluding hydrogens is 322 g/mol. The first kappa shape index (κ1) is 16.5. The molecule has 1 atom stereocenters. The molecule has 1 aromatic carbocycles. The van der Waals surface area contributed by atoms with Crippen LogP contribution in [-0.4, -0.2) is 28.4 Å². The van der Waals surface area contributed by atoms with Crippen LogP contribution in [-0.2, 0) is 16.1 Å². The molecule has 1 aromatic heterocycles. The largest absolute Gasteiger partial charge is 0.480 e. The molecule has 0 aliphatic rings. The maximum Gasteiger partial charge on any atom is 0.323 e. The standard InChI is InChI=1S/C16H16ClNO3S/c1-11(13-6-7-22-10-13)16(21)18(9-15(19)20)8-12-2-4-14(17)5-3-12/h2-7,10-11H,8-9H2,1H3,(H,19,20). The van der Waals surface area contributed by atoms with Crippen LogP contribution in [0.5, 0.6) is 0 Å². The number of thiophene rings is 1. The van der Waals surface area contributed by atoms with Gasteiger partial charge in [-0.3, -0.25) is 9.59 Å². The molecule has 0 bridgehead atoms. The van der Waals surface area contributed by atoms with Crippen molar-refractivity contribution in [2.24, 2.45) is 0 Å². The Hall–Kier alpha value is -1.85. The van der Waals surface area contributed by atoms with E-state index in [2.05, 4.69) is 0 Å². The molecule has 2 aromatic rings. The third-order valence-corrected chi connectivity index (χ3v) is 4.29. The van der Waals surface area contributed by atoms with Crippen LogP contribution in [0.1, 0.15) is 24.0 Å². The number of hydrogen-bond donors (Lipinski definition) is 1. The summed E-state index contributed by atoms with van der Waals surface area (Å²) < 4.78 is 0. The van der Waals surface area contributed by atoms with Gasteiger partial charge in [0.15, 0.2) is 0 Å². The van der Waals surface area contributed by atoms with E-state index in [1.54, 1.807) is 31.2 Å². The first-order chi connectivity index (χ1) is 10.5. The van der Waals surface area contributed by atoms with Gasteiger partial charge < -0.3 is 10.0 Å². The Balaban J connectivity index is 2.16. The van der Waals surface area contributed by atoms with E-state index in [4.69, 9.17) is 16.7 Å². The van der Waals surface area contributed by atoms with Crippen molar-refractivity contribution in [3.63, 3.8) is 0 Å². The second-order valence-electron chi connectivity index (χ2n) is 4.99. The second-order valence-corrected chi connectivity index (χ2v) is 6.21. The van der Waals surface area contributed by atoms with Crippen molar-refractivity contribution in [2.75, 3.05) is 6.54 Å². The number of carboxylic acid groups (broad SMARTS) is 1. The smallest absolute Gasteiger partial charge is 0.323 e. The van der Waals surface area contributed by atoms with Crippen LogP contribution in [0.25, 0.3) is 0 Å². The van der Waals surface area contributed by atoms with E-state index in [0.717, 1.165) is 11.1 Å². The first-order valence-electron chi connectivity index (χ1n) is 6.74. The quantitative estimate of drug-likeness (QED) is 0.875. The van der Waals surface area contributed by atoms with Gasteiger partial charge in [-0.1, -0.05) is 23.7 Å². The normalized spacial score (nSPS) is 11.9. The molecule has 116 valence electrons. The third kappa shape index (κ3) is 4.32. The van der Waals surface area contributed by atoms with Crippen LogP contribution in [0.2, 0.25) is 5.02 Å². The molecular formula is C16H16ClNO3S. The third-order valence-electron chi connectivity index (χ3n) is 3.34. The molecule has 2 rings (SSSR count). The van der Waals surface area contributed by atoms with Crippen molar-refractivity contribution in [1.82, 2.24) is 4.90 Å². The number of carbonyl (C=O) groups is 2. The summed E-state index contributed by atoms with van der Waals surface area (Å²) in [4.78, 5) is 25.0. The molecule has 4 nitrogen and oxygen atoms in total. The monoisotopic (exact) mass is 337 g/mol. The van der Waals surface area contributed by atoms with Gasteiger partial charge in [-0.25, -0.2) is 0 Å². The fraction of sp³-hybridized carbons (Fsp3) is 0.250. The minimum absolute atomic E-state index is 0.198. The van der Waals surface area contributed by atoms with E-state index >= 15 is 0 Å². The van der Waals surface area contributed by atoms with Crippen molar-refractivity contribution in [3.8, 4) is 0 Å². The predicted molar refractivity (Wildman–Crippen MR) is 87.2 cm³/mol. The number of nitrogens with zero attached hydrogens (tertiary/aromatic N) is 1. The zero-order chi connectivity index (χ0) is 16.1. The second kappa shape index (κ2) is 7.42. The molecule has 6 heteroatoms. The summed E-state index contributed by atoms with van der Waals surface area (Å²) in [6.07, 6.45) is 0. The van der Waals surface area contributed by atoms with Crippen molar-refractivity contribution in [1.29, 1.82) is 0 Å². The van der Waals surface area contributed by atoms with Gasteiger partial charge in [-0.2, -0.15) is 11.3 Å². The van der Waals surface area contributed by atoms with Gasteiger partial charge in [0.2, 0.25) is 5.91 Å². The Morgan fingerprint density at radius 1 is 1.27 bits per heavy atom. The summed E-state index contributed by atoms with van der Waals surface area (Å²) in [6.45, 7) is 1.72. The molecule has 1 unspecified atom stereocenters. The number of carbonyl (C=O) groups excluding carboxylic acids is 1. The highest BCUT2D eigenvalue weighted by Crippen LogP contribution is 2.22. The van der Waals surface area contributed by atoms with E-state index in [1.807, 2.05) is 16.8 Å².